The van der Waals surface area contributed by atoms with Crippen molar-refractivity contribution in [1.29, 1.82) is 0 Å². The van der Waals surface area contributed by atoms with Crippen LogP contribution in [0.3, 0.4) is 0 Å². The number of aromatic nitrogens is 2. The number of nitrogens with one attached hydrogen (secondary N) is 2. The second-order valence-electron chi connectivity index (χ2n) is 3.26. The number of halogens is 3. The highest BCUT2D eigenvalue weighted by Crippen LogP contribution is 2.33. The summed E-state index contributed by atoms with van der Waals surface area (Å²) in [5.41, 5.74) is 2.92. The van der Waals surface area contributed by atoms with Crippen molar-refractivity contribution < 1.29 is 4.39 Å². The molecule has 4 N–H and O–H groups in total. The lowest BCUT2D eigenvalue weighted by Gasteiger charge is -2.11. The molecule has 0 aliphatic carbocycles. The molecule has 1 aromatic heterocycles. The van der Waals surface area contributed by atoms with Crippen LogP contribution in [0.25, 0.3) is 0 Å². The molecule has 0 saturated carbocycles. The Hall–Kier alpha value is -1.25. The van der Waals surface area contributed by atoms with Gasteiger partial charge in [-0.25, -0.2) is 15.2 Å². The summed E-state index contributed by atoms with van der Waals surface area (Å²) in [5, 5.41) is 2.87. The van der Waals surface area contributed by atoms with E-state index in [4.69, 9.17) is 5.84 Å². The molecule has 2 rings (SSSR count). The number of hydrogen-bond donors (Lipinski definition) is 3. The third-order valence-corrected chi connectivity index (χ3v) is 3.40. The summed E-state index contributed by atoms with van der Waals surface area (Å²) in [6.07, 6.45) is 1.04. The van der Waals surface area contributed by atoms with Crippen LogP contribution < -0.4 is 16.6 Å². The minimum Gasteiger partial charge on any atom is -0.336 e. The molecular formula is C10H8Br2FN5. The smallest absolute Gasteiger partial charge is 0.239 e. The summed E-state index contributed by atoms with van der Waals surface area (Å²) in [6.45, 7) is 0. The fourth-order valence-corrected chi connectivity index (χ4v) is 2.46. The molecule has 0 aliphatic heterocycles. The number of benzene rings is 1. The van der Waals surface area contributed by atoms with E-state index in [1.54, 1.807) is 0 Å². The normalized spacial score (nSPS) is 10.2. The molecule has 0 unspecified atom stereocenters. The summed E-state index contributed by atoms with van der Waals surface area (Å²) in [7, 11) is 0. The molecule has 5 nitrogen and oxygen atoms in total. The van der Waals surface area contributed by atoms with Gasteiger partial charge in [0.25, 0.3) is 0 Å². The molecule has 2 aromatic rings. The fraction of sp³-hybridized carbons (Fsp3) is 0. The van der Waals surface area contributed by atoms with Crippen LogP contribution >= 0.6 is 31.9 Å². The van der Waals surface area contributed by atoms with Gasteiger partial charge in [-0.1, -0.05) is 6.07 Å². The first-order valence-electron chi connectivity index (χ1n) is 4.82. The Kier molecular flexibility index (Phi) is 4.10. The van der Waals surface area contributed by atoms with E-state index in [1.807, 2.05) is 18.2 Å². The van der Waals surface area contributed by atoms with Crippen molar-refractivity contribution in [3.63, 3.8) is 0 Å². The minimum absolute atomic E-state index is 0.0329. The number of nitrogens with zero attached hydrogens (tertiary/aromatic N) is 2. The first-order chi connectivity index (χ1) is 8.61. The molecule has 0 spiro atoms. The van der Waals surface area contributed by atoms with Gasteiger partial charge in [0.05, 0.1) is 11.9 Å². The number of nitrogens with two attached hydrogens (primary N) is 1. The molecule has 1 heterocycles. The van der Waals surface area contributed by atoms with Gasteiger partial charge >= 0.3 is 0 Å². The van der Waals surface area contributed by atoms with Gasteiger partial charge in [-0.3, -0.25) is 5.43 Å². The molecule has 0 saturated heterocycles. The molecular weight excluding hydrogens is 369 g/mol. The molecule has 8 heteroatoms. The van der Waals surface area contributed by atoms with Gasteiger partial charge in [0.2, 0.25) is 5.95 Å². The Labute approximate surface area is 119 Å². The zero-order chi connectivity index (χ0) is 13.1. The number of nitrogen functional groups attached to an aromatic ring is 1. The SMILES string of the molecule is NNc1ncc(F)c(Nc2c(Br)cccc2Br)n1. The lowest BCUT2D eigenvalue weighted by molar-refractivity contribution is 0.619. The van der Waals surface area contributed by atoms with Crippen LogP contribution in [-0.2, 0) is 0 Å². The lowest BCUT2D eigenvalue weighted by atomic mass is 10.3. The van der Waals surface area contributed by atoms with Crippen molar-refractivity contribution in [2.75, 3.05) is 10.7 Å². The summed E-state index contributed by atoms with van der Waals surface area (Å²) < 4.78 is 15.1. The maximum Gasteiger partial charge on any atom is 0.239 e. The minimum atomic E-state index is -0.573. The molecule has 0 amide bonds. The molecule has 18 heavy (non-hydrogen) atoms. The van der Waals surface area contributed by atoms with Crippen LogP contribution in [0.5, 0.6) is 0 Å². The summed E-state index contributed by atoms with van der Waals surface area (Å²) >= 11 is 6.73. The van der Waals surface area contributed by atoms with E-state index in [9.17, 15) is 4.39 Å². The predicted octanol–water partition coefficient (Wildman–Crippen LogP) is 3.17. The zero-order valence-corrected chi connectivity index (χ0v) is 12.1. The van der Waals surface area contributed by atoms with Crippen molar-refractivity contribution >= 4 is 49.3 Å². The van der Waals surface area contributed by atoms with E-state index < -0.39 is 5.82 Å². The molecule has 0 fully saturated rings. The Morgan fingerprint density at radius 1 is 1.22 bits per heavy atom. The largest absolute Gasteiger partial charge is 0.336 e. The average Bonchev–Trinajstić information content (AvgIpc) is 2.36. The van der Waals surface area contributed by atoms with Gasteiger partial charge in [0.15, 0.2) is 11.6 Å². The van der Waals surface area contributed by atoms with E-state index in [2.05, 4.69) is 52.6 Å². The quantitative estimate of drug-likeness (QED) is 0.566. The van der Waals surface area contributed by atoms with Crippen LogP contribution in [0.15, 0.2) is 33.3 Å². The fourth-order valence-electron chi connectivity index (χ4n) is 1.26. The first-order valence-corrected chi connectivity index (χ1v) is 6.40. The Balaban J connectivity index is 2.39. The van der Waals surface area contributed by atoms with Crippen molar-refractivity contribution in [3.05, 3.63) is 39.2 Å². The van der Waals surface area contributed by atoms with Gasteiger partial charge < -0.3 is 5.32 Å². The Morgan fingerprint density at radius 3 is 2.50 bits per heavy atom. The highest BCUT2D eigenvalue weighted by molar-refractivity contribution is 9.11. The molecule has 94 valence electrons. The summed E-state index contributed by atoms with van der Waals surface area (Å²) in [4.78, 5) is 7.55. The van der Waals surface area contributed by atoms with Crippen molar-refractivity contribution in [2.24, 2.45) is 5.84 Å². The third kappa shape index (κ3) is 2.77. The maximum atomic E-state index is 13.6. The third-order valence-electron chi connectivity index (χ3n) is 2.08. The number of anilines is 3. The van der Waals surface area contributed by atoms with Gasteiger partial charge in [-0.05, 0) is 44.0 Å². The summed E-state index contributed by atoms with van der Waals surface area (Å²) in [5.74, 6) is 4.77. The highest BCUT2D eigenvalue weighted by atomic mass is 79.9. The molecule has 0 radical (unpaired) electrons. The van der Waals surface area contributed by atoms with Crippen LogP contribution in [0.4, 0.5) is 21.8 Å². The maximum absolute atomic E-state index is 13.6. The van der Waals surface area contributed by atoms with Crippen molar-refractivity contribution in [2.45, 2.75) is 0 Å². The second-order valence-corrected chi connectivity index (χ2v) is 4.96. The zero-order valence-electron chi connectivity index (χ0n) is 8.92. The van der Waals surface area contributed by atoms with Gasteiger partial charge in [0.1, 0.15) is 0 Å². The number of rotatable bonds is 3. The number of hydrazine groups is 1. The van der Waals surface area contributed by atoms with E-state index >= 15 is 0 Å². The van der Waals surface area contributed by atoms with E-state index in [0.29, 0.717) is 5.69 Å². The summed E-state index contributed by atoms with van der Waals surface area (Å²) in [6, 6.07) is 5.51. The topological polar surface area (TPSA) is 75.9 Å². The standard InChI is InChI=1S/C10H8Br2FN5/c11-5-2-1-3-6(12)8(5)16-9-7(13)4-15-10(17-9)18-14/h1-4H,14H2,(H2,15,16,17,18). The first kappa shape index (κ1) is 13.2. The lowest BCUT2D eigenvalue weighted by Crippen LogP contribution is -2.12. The number of para-hydroxylation sites is 1. The van der Waals surface area contributed by atoms with E-state index in [1.165, 1.54) is 0 Å². The van der Waals surface area contributed by atoms with Crippen LogP contribution in [0.2, 0.25) is 0 Å². The van der Waals surface area contributed by atoms with E-state index in [-0.39, 0.29) is 11.8 Å². The molecule has 0 bridgehead atoms. The Bertz CT molecular complexity index is 558. The Morgan fingerprint density at radius 2 is 1.89 bits per heavy atom. The second kappa shape index (κ2) is 5.59. The predicted molar refractivity (Wildman–Crippen MR) is 74.9 cm³/mol. The van der Waals surface area contributed by atoms with Gasteiger partial charge in [-0.15, -0.1) is 0 Å². The molecule has 0 atom stereocenters. The highest BCUT2D eigenvalue weighted by Gasteiger charge is 2.10. The van der Waals surface area contributed by atoms with E-state index in [0.717, 1.165) is 15.1 Å². The van der Waals surface area contributed by atoms with Gasteiger partial charge in [0, 0.05) is 8.95 Å². The molecule has 1 aromatic carbocycles. The van der Waals surface area contributed by atoms with Crippen molar-refractivity contribution in [1.82, 2.24) is 9.97 Å². The molecule has 0 aliphatic rings. The van der Waals surface area contributed by atoms with Crippen LogP contribution in [0.1, 0.15) is 0 Å². The van der Waals surface area contributed by atoms with Crippen LogP contribution in [-0.4, -0.2) is 9.97 Å². The van der Waals surface area contributed by atoms with Crippen LogP contribution in [0, 0.1) is 5.82 Å². The average molecular weight is 377 g/mol. The monoisotopic (exact) mass is 375 g/mol. The van der Waals surface area contributed by atoms with Crippen molar-refractivity contribution in [3.8, 4) is 0 Å². The number of hydrogen-bond acceptors (Lipinski definition) is 5. The van der Waals surface area contributed by atoms with Gasteiger partial charge in [-0.2, -0.15) is 4.98 Å².